The molecule has 0 bridgehead atoms. The van der Waals surface area contributed by atoms with Crippen LogP contribution in [0.4, 0.5) is 0 Å². The monoisotopic (exact) mass is 156 g/mol. The standard InChI is InChI=1S/C8H8O.ClH/c1-2-7-4-3-5-8(9)6-7;/h2-6,9H,1H2;1H. The summed E-state index contributed by atoms with van der Waals surface area (Å²) in [6.07, 6.45) is 1.69. The molecule has 0 aromatic heterocycles. The molecule has 1 aromatic rings. The highest BCUT2D eigenvalue weighted by atomic mass is 35.5. The molecule has 1 nitrogen and oxygen atoms in total. The van der Waals surface area contributed by atoms with Crippen LogP contribution in [-0.2, 0) is 0 Å². The topological polar surface area (TPSA) is 20.2 Å². The number of rotatable bonds is 1. The zero-order valence-electron chi connectivity index (χ0n) is 5.45. The first kappa shape index (κ1) is 9.05. The van der Waals surface area contributed by atoms with E-state index in [4.69, 9.17) is 5.11 Å². The molecule has 0 saturated heterocycles. The Labute approximate surface area is 66.4 Å². The summed E-state index contributed by atoms with van der Waals surface area (Å²) in [6.45, 7) is 3.56. The SMILES string of the molecule is C=Cc1cccc(O)c1.Cl. The lowest BCUT2D eigenvalue weighted by Crippen LogP contribution is -1.67. The lowest BCUT2D eigenvalue weighted by Gasteiger charge is -1.91. The van der Waals surface area contributed by atoms with Gasteiger partial charge in [0.2, 0.25) is 0 Å². The molecular formula is C8H9ClO. The quantitative estimate of drug-likeness (QED) is 0.662. The summed E-state index contributed by atoms with van der Waals surface area (Å²) >= 11 is 0. The molecule has 54 valence electrons. The molecule has 0 atom stereocenters. The van der Waals surface area contributed by atoms with Crippen LogP contribution in [-0.4, -0.2) is 5.11 Å². The molecule has 2 heteroatoms. The molecule has 1 rings (SSSR count). The summed E-state index contributed by atoms with van der Waals surface area (Å²) in [7, 11) is 0. The fraction of sp³-hybridized carbons (Fsp3) is 0. The maximum atomic E-state index is 8.90. The lowest BCUT2D eigenvalue weighted by molar-refractivity contribution is 0.475. The molecule has 0 aliphatic rings. The zero-order valence-corrected chi connectivity index (χ0v) is 6.27. The Morgan fingerprint density at radius 3 is 2.50 bits per heavy atom. The largest absolute Gasteiger partial charge is 0.508 e. The van der Waals surface area contributed by atoms with Gasteiger partial charge in [-0.1, -0.05) is 24.8 Å². The van der Waals surface area contributed by atoms with Gasteiger partial charge in [0.25, 0.3) is 0 Å². The van der Waals surface area contributed by atoms with Crippen molar-refractivity contribution in [2.45, 2.75) is 0 Å². The van der Waals surface area contributed by atoms with Gasteiger partial charge < -0.3 is 5.11 Å². The van der Waals surface area contributed by atoms with Crippen molar-refractivity contribution < 1.29 is 5.11 Å². The Hall–Kier alpha value is -0.950. The fourth-order valence-electron chi connectivity index (χ4n) is 0.652. The van der Waals surface area contributed by atoms with Gasteiger partial charge in [0.15, 0.2) is 0 Å². The summed E-state index contributed by atoms with van der Waals surface area (Å²) < 4.78 is 0. The van der Waals surface area contributed by atoms with Crippen molar-refractivity contribution in [3.63, 3.8) is 0 Å². The number of aromatic hydroxyl groups is 1. The Morgan fingerprint density at radius 2 is 2.10 bits per heavy atom. The Morgan fingerprint density at radius 1 is 1.40 bits per heavy atom. The molecule has 0 amide bonds. The highest BCUT2D eigenvalue weighted by Crippen LogP contribution is 2.10. The smallest absolute Gasteiger partial charge is 0.116 e. The molecule has 0 aliphatic heterocycles. The number of benzene rings is 1. The number of phenolic OH excluding ortho intramolecular Hbond substituents is 1. The van der Waals surface area contributed by atoms with E-state index in [0.717, 1.165) is 5.56 Å². The van der Waals surface area contributed by atoms with Crippen molar-refractivity contribution in [1.82, 2.24) is 0 Å². The molecule has 10 heavy (non-hydrogen) atoms. The molecule has 0 aliphatic carbocycles. The zero-order chi connectivity index (χ0) is 6.69. The molecule has 0 spiro atoms. The summed E-state index contributed by atoms with van der Waals surface area (Å²) in [5.74, 6) is 0.285. The van der Waals surface area contributed by atoms with Crippen LogP contribution in [0.2, 0.25) is 0 Å². The van der Waals surface area contributed by atoms with E-state index in [9.17, 15) is 0 Å². The van der Waals surface area contributed by atoms with Crippen molar-refractivity contribution in [2.24, 2.45) is 0 Å². The normalized spacial score (nSPS) is 8.00. The lowest BCUT2D eigenvalue weighted by atomic mass is 10.2. The van der Waals surface area contributed by atoms with Crippen molar-refractivity contribution in [3.05, 3.63) is 36.4 Å². The second-order valence-corrected chi connectivity index (χ2v) is 1.80. The van der Waals surface area contributed by atoms with Crippen LogP contribution >= 0.6 is 12.4 Å². The van der Waals surface area contributed by atoms with Gasteiger partial charge in [0, 0.05) is 0 Å². The maximum Gasteiger partial charge on any atom is 0.116 e. The molecular weight excluding hydrogens is 148 g/mol. The molecule has 0 fully saturated rings. The van der Waals surface area contributed by atoms with Crippen molar-refractivity contribution >= 4 is 18.5 Å². The third-order valence-corrected chi connectivity index (χ3v) is 1.11. The van der Waals surface area contributed by atoms with E-state index in [1.165, 1.54) is 0 Å². The van der Waals surface area contributed by atoms with Crippen molar-refractivity contribution in [1.29, 1.82) is 0 Å². The first-order valence-corrected chi connectivity index (χ1v) is 2.74. The summed E-state index contributed by atoms with van der Waals surface area (Å²) in [5, 5.41) is 8.90. The van der Waals surface area contributed by atoms with Crippen LogP contribution in [0.25, 0.3) is 6.08 Å². The molecule has 0 unspecified atom stereocenters. The van der Waals surface area contributed by atoms with Gasteiger partial charge in [-0.25, -0.2) is 0 Å². The minimum Gasteiger partial charge on any atom is -0.508 e. The van der Waals surface area contributed by atoms with Gasteiger partial charge in [0.05, 0.1) is 0 Å². The fourth-order valence-corrected chi connectivity index (χ4v) is 0.652. The van der Waals surface area contributed by atoms with Crippen LogP contribution in [0.5, 0.6) is 5.75 Å². The van der Waals surface area contributed by atoms with Gasteiger partial charge in [-0.3, -0.25) is 0 Å². The van der Waals surface area contributed by atoms with Crippen LogP contribution in [0, 0.1) is 0 Å². The number of phenols is 1. The van der Waals surface area contributed by atoms with E-state index in [-0.39, 0.29) is 18.2 Å². The molecule has 1 N–H and O–H groups in total. The van der Waals surface area contributed by atoms with E-state index in [2.05, 4.69) is 6.58 Å². The van der Waals surface area contributed by atoms with E-state index < -0.39 is 0 Å². The van der Waals surface area contributed by atoms with Crippen LogP contribution < -0.4 is 0 Å². The summed E-state index contributed by atoms with van der Waals surface area (Å²) in [4.78, 5) is 0. The van der Waals surface area contributed by atoms with E-state index in [0.29, 0.717) is 0 Å². The molecule has 0 saturated carbocycles. The van der Waals surface area contributed by atoms with Crippen molar-refractivity contribution in [3.8, 4) is 5.75 Å². The number of hydrogen-bond donors (Lipinski definition) is 1. The highest BCUT2D eigenvalue weighted by molar-refractivity contribution is 5.85. The Kier molecular flexibility index (Phi) is 3.59. The van der Waals surface area contributed by atoms with Crippen LogP contribution in [0.1, 0.15) is 5.56 Å². The predicted molar refractivity (Wildman–Crippen MR) is 45.4 cm³/mol. The van der Waals surface area contributed by atoms with Gasteiger partial charge in [-0.2, -0.15) is 0 Å². The summed E-state index contributed by atoms with van der Waals surface area (Å²) in [6, 6.07) is 6.96. The third-order valence-electron chi connectivity index (χ3n) is 1.11. The average molecular weight is 157 g/mol. The summed E-state index contributed by atoms with van der Waals surface area (Å²) in [5.41, 5.74) is 0.940. The van der Waals surface area contributed by atoms with Gasteiger partial charge >= 0.3 is 0 Å². The third kappa shape index (κ3) is 2.11. The maximum absolute atomic E-state index is 8.90. The Balaban J connectivity index is 0.000000810. The van der Waals surface area contributed by atoms with E-state index in [1.54, 1.807) is 24.3 Å². The molecule has 0 radical (unpaired) electrons. The van der Waals surface area contributed by atoms with E-state index in [1.807, 2.05) is 6.07 Å². The van der Waals surface area contributed by atoms with Gasteiger partial charge in [-0.15, -0.1) is 12.4 Å². The second kappa shape index (κ2) is 3.96. The highest BCUT2D eigenvalue weighted by Gasteiger charge is 1.85. The van der Waals surface area contributed by atoms with Crippen molar-refractivity contribution in [2.75, 3.05) is 0 Å². The predicted octanol–water partition coefficient (Wildman–Crippen LogP) is 2.46. The molecule has 1 aromatic carbocycles. The number of hydrogen-bond acceptors (Lipinski definition) is 1. The van der Waals surface area contributed by atoms with E-state index >= 15 is 0 Å². The van der Waals surface area contributed by atoms with Crippen LogP contribution in [0.15, 0.2) is 30.8 Å². The first-order chi connectivity index (χ1) is 4.33. The molecule has 0 heterocycles. The number of halogens is 1. The van der Waals surface area contributed by atoms with Gasteiger partial charge in [-0.05, 0) is 17.7 Å². The minimum absolute atomic E-state index is 0. The average Bonchev–Trinajstić information content (AvgIpc) is 1.88. The minimum atomic E-state index is 0. The van der Waals surface area contributed by atoms with Gasteiger partial charge in [0.1, 0.15) is 5.75 Å². The van der Waals surface area contributed by atoms with Crippen LogP contribution in [0.3, 0.4) is 0 Å². The Bertz CT molecular complexity index is 220. The second-order valence-electron chi connectivity index (χ2n) is 1.80. The first-order valence-electron chi connectivity index (χ1n) is 2.74.